The van der Waals surface area contributed by atoms with Crippen molar-refractivity contribution in [1.29, 1.82) is 0 Å². The van der Waals surface area contributed by atoms with Crippen molar-refractivity contribution in [3.8, 4) is 11.8 Å². The summed E-state index contributed by atoms with van der Waals surface area (Å²) in [5.41, 5.74) is 0.0632. The normalized spacial score (nSPS) is 27.7. The lowest BCUT2D eigenvalue weighted by atomic mass is 9.98. The molecule has 2 aliphatic carbocycles. The largest absolute Gasteiger partial charge is 0.389 e. The molecule has 172 valence electrons. The van der Waals surface area contributed by atoms with Crippen molar-refractivity contribution in [1.82, 2.24) is 24.8 Å². The lowest BCUT2D eigenvalue weighted by molar-refractivity contribution is -0.132. The quantitative estimate of drug-likeness (QED) is 0.405. The zero-order valence-corrected chi connectivity index (χ0v) is 19.6. The number of amides is 1. The fraction of sp³-hybridized carbons (Fsp3) is 0.455. The van der Waals surface area contributed by atoms with Gasteiger partial charge < -0.3 is 25.4 Å². The van der Waals surface area contributed by atoms with E-state index in [9.17, 15) is 15.0 Å². The minimum Gasteiger partial charge on any atom is -0.389 e. The fourth-order valence-electron chi connectivity index (χ4n) is 4.84. The zero-order chi connectivity index (χ0) is 23.3. The first kappa shape index (κ1) is 22.1. The molecule has 2 fully saturated rings. The van der Waals surface area contributed by atoms with Gasteiger partial charge in [0.2, 0.25) is 11.7 Å². The fourth-order valence-corrected chi connectivity index (χ4v) is 5.74. The summed E-state index contributed by atoms with van der Waals surface area (Å²) < 4.78 is 2.40. The third kappa shape index (κ3) is 3.47. The van der Waals surface area contributed by atoms with E-state index >= 15 is 0 Å². The number of aromatic nitrogens is 4. The van der Waals surface area contributed by atoms with Gasteiger partial charge in [0.15, 0.2) is 17.0 Å². The number of imidazole rings is 1. The van der Waals surface area contributed by atoms with Crippen molar-refractivity contribution in [2.24, 2.45) is 11.3 Å². The molecule has 3 aromatic heterocycles. The summed E-state index contributed by atoms with van der Waals surface area (Å²) >= 11 is 7.36. The van der Waals surface area contributed by atoms with E-state index in [2.05, 4.69) is 37.4 Å². The van der Waals surface area contributed by atoms with Crippen LogP contribution in [0.2, 0.25) is 4.34 Å². The molecule has 0 bridgehead atoms. The second kappa shape index (κ2) is 8.25. The van der Waals surface area contributed by atoms with E-state index in [0.717, 1.165) is 11.3 Å². The van der Waals surface area contributed by atoms with E-state index in [0.29, 0.717) is 40.1 Å². The molecule has 4 N–H and O–H groups in total. The Morgan fingerprint density at radius 1 is 1.36 bits per heavy atom. The average Bonchev–Trinajstić information content (AvgIpc) is 3.06. The minimum atomic E-state index is -1.16. The smallest absolute Gasteiger partial charge is 0.229 e. The van der Waals surface area contributed by atoms with E-state index < -0.39 is 23.7 Å². The van der Waals surface area contributed by atoms with Crippen LogP contribution in [-0.2, 0) is 4.79 Å². The maximum absolute atomic E-state index is 12.5. The van der Waals surface area contributed by atoms with Gasteiger partial charge in [0.1, 0.15) is 6.10 Å². The highest BCUT2D eigenvalue weighted by atomic mass is 35.5. The average molecular weight is 487 g/mol. The molecule has 0 spiro atoms. The summed E-state index contributed by atoms with van der Waals surface area (Å²) in [6.07, 6.45) is 0.694. The molecular weight excluding hydrogens is 464 g/mol. The Labute approximate surface area is 199 Å². The summed E-state index contributed by atoms with van der Waals surface area (Å²) in [5.74, 6) is 6.40. The van der Waals surface area contributed by atoms with Gasteiger partial charge in [0.25, 0.3) is 0 Å². The van der Waals surface area contributed by atoms with E-state index in [4.69, 9.17) is 11.6 Å². The Kier molecular flexibility index (Phi) is 5.53. The van der Waals surface area contributed by atoms with Crippen LogP contribution >= 0.6 is 22.9 Å². The Bertz CT molecular complexity index is 1300. The van der Waals surface area contributed by atoms with Gasteiger partial charge in [0.05, 0.1) is 33.1 Å². The topological polar surface area (TPSA) is 125 Å². The molecule has 33 heavy (non-hydrogen) atoms. The first-order chi connectivity index (χ1) is 15.9. The van der Waals surface area contributed by atoms with Crippen LogP contribution in [0.1, 0.15) is 36.5 Å². The van der Waals surface area contributed by atoms with Crippen LogP contribution in [0.25, 0.3) is 11.2 Å². The molecule has 5 atom stereocenters. The third-order valence-electron chi connectivity index (χ3n) is 6.48. The molecule has 9 nitrogen and oxygen atoms in total. The number of nitrogens with one attached hydrogen (secondary N) is 2. The Balaban J connectivity index is 1.58. The monoisotopic (exact) mass is 486 g/mol. The SMILES string of the molecule is CCCNc1nc(C#Cc2ccc(Cl)s2)nc2c1ncn2[C@H]1C(O)[C@H](O)[C@@]2(C(=O)NC)CC12. The number of rotatable bonds is 5. The summed E-state index contributed by atoms with van der Waals surface area (Å²) in [6, 6.07) is 3.08. The Morgan fingerprint density at radius 2 is 2.18 bits per heavy atom. The Hall–Kier alpha value is -2.71. The summed E-state index contributed by atoms with van der Waals surface area (Å²) in [4.78, 5) is 27.0. The number of aliphatic hydroxyl groups is 2. The third-order valence-corrected chi connectivity index (χ3v) is 7.62. The van der Waals surface area contributed by atoms with Crippen LogP contribution in [0.4, 0.5) is 5.82 Å². The first-order valence-electron chi connectivity index (χ1n) is 10.7. The number of anilines is 1. The van der Waals surface area contributed by atoms with E-state index in [1.807, 2.05) is 13.0 Å². The van der Waals surface area contributed by atoms with E-state index in [1.165, 1.54) is 18.4 Å². The molecule has 0 radical (unpaired) electrons. The predicted octanol–water partition coefficient (Wildman–Crippen LogP) is 1.79. The maximum atomic E-state index is 12.5. The maximum Gasteiger partial charge on any atom is 0.229 e. The number of hydrogen-bond acceptors (Lipinski definition) is 8. The van der Waals surface area contributed by atoms with Crippen LogP contribution in [0, 0.1) is 23.2 Å². The molecule has 3 aromatic rings. The van der Waals surface area contributed by atoms with E-state index in [1.54, 1.807) is 17.0 Å². The van der Waals surface area contributed by atoms with Crippen molar-refractivity contribution >= 4 is 45.8 Å². The predicted molar refractivity (Wildman–Crippen MR) is 125 cm³/mol. The lowest BCUT2D eigenvalue weighted by Crippen LogP contribution is -2.41. The van der Waals surface area contributed by atoms with Gasteiger partial charge in [-0.3, -0.25) is 4.79 Å². The molecule has 1 amide bonds. The molecule has 0 aliphatic heterocycles. The summed E-state index contributed by atoms with van der Waals surface area (Å²) in [6.45, 7) is 2.74. The summed E-state index contributed by atoms with van der Waals surface area (Å²) in [7, 11) is 1.54. The van der Waals surface area contributed by atoms with Crippen molar-refractivity contribution in [2.75, 3.05) is 18.9 Å². The molecule has 2 unspecified atom stereocenters. The number of halogens is 1. The van der Waals surface area contributed by atoms with Crippen molar-refractivity contribution in [2.45, 2.75) is 38.0 Å². The second-order valence-corrected chi connectivity index (χ2v) is 10.1. The lowest BCUT2D eigenvalue weighted by Gasteiger charge is -2.23. The zero-order valence-electron chi connectivity index (χ0n) is 18.0. The van der Waals surface area contributed by atoms with Gasteiger partial charge in [-0.25, -0.2) is 15.0 Å². The number of nitrogens with zero attached hydrogens (tertiary/aromatic N) is 4. The van der Waals surface area contributed by atoms with Gasteiger partial charge in [-0.1, -0.05) is 18.5 Å². The number of thiophene rings is 1. The van der Waals surface area contributed by atoms with Crippen molar-refractivity contribution in [3.63, 3.8) is 0 Å². The van der Waals surface area contributed by atoms with Crippen LogP contribution in [0.5, 0.6) is 0 Å². The highest BCUT2D eigenvalue weighted by Gasteiger charge is 2.75. The van der Waals surface area contributed by atoms with Crippen molar-refractivity contribution < 1.29 is 15.0 Å². The molecular formula is C22H23ClN6O3S. The number of carbonyl (C=O) groups is 1. The van der Waals surface area contributed by atoms with Gasteiger partial charge in [-0.15, -0.1) is 11.3 Å². The molecule has 2 saturated carbocycles. The number of hydrogen-bond donors (Lipinski definition) is 4. The van der Waals surface area contributed by atoms with Crippen LogP contribution in [-0.4, -0.2) is 61.4 Å². The molecule has 2 aliphatic rings. The van der Waals surface area contributed by atoms with Crippen LogP contribution in [0.15, 0.2) is 18.5 Å². The molecule has 0 saturated heterocycles. The Morgan fingerprint density at radius 3 is 2.88 bits per heavy atom. The van der Waals surface area contributed by atoms with Crippen molar-refractivity contribution in [3.05, 3.63) is 33.5 Å². The highest BCUT2D eigenvalue weighted by Crippen LogP contribution is 2.67. The molecule has 3 heterocycles. The van der Waals surface area contributed by atoms with Crippen LogP contribution < -0.4 is 10.6 Å². The molecule has 11 heteroatoms. The van der Waals surface area contributed by atoms with Gasteiger partial charge in [-0.05, 0) is 36.8 Å². The number of fused-ring (bicyclic) bond motifs is 2. The molecule has 5 rings (SSSR count). The standard InChI is InChI=1S/C22H23ClN6O3S/c1-3-8-25-19-15-20(28-14(27-19)7-5-11-4-6-13(23)33-11)29(10-26-15)16-12-9-22(12,21(32)24-2)18(31)17(16)30/h4,6,10,12,16-18,30-31H,3,8-9H2,1-2H3,(H,24,32)(H,25,27,28)/t12?,16-,17?,18+,22-/m1/s1. The van der Waals surface area contributed by atoms with E-state index in [-0.39, 0.29) is 11.8 Å². The second-order valence-electron chi connectivity index (χ2n) is 8.36. The van der Waals surface area contributed by atoms with Gasteiger partial charge in [0, 0.05) is 19.5 Å². The van der Waals surface area contributed by atoms with Gasteiger partial charge >= 0.3 is 0 Å². The molecule has 0 aromatic carbocycles. The summed E-state index contributed by atoms with van der Waals surface area (Å²) in [5, 5.41) is 27.5. The van der Waals surface area contributed by atoms with Gasteiger partial charge in [-0.2, -0.15) is 0 Å². The number of carbonyl (C=O) groups excluding carboxylic acids is 1. The number of aliphatic hydroxyl groups excluding tert-OH is 2. The first-order valence-corrected chi connectivity index (χ1v) is 11.9. The van der Waals surface area contributed by atoms with Crippen LogP contribution in [0.3, 0.4) is 0 Å². The highest BCUT2D eigenvalue weighted by molar-refractivity contribution is 7.16. The minimum absolute atomic E-state index is 0.218.